The van der Waals surface area contributed by atoms with Gasteiger partial charge in [0.1, 0.15) is 5.69 Å². The number of H-pyrrole nitrogens is 1. The zero-order valence-electron chi connectivity index (χ0n) is 14.5. The molecule has 0 saturated heterocycles. The van der Waals surface area contributed by atoms with Crippen molar-refractivity contribution >= 4 is 34.3 Å². The van der Waals surface area contributed by atoms with Crippen LogP contribution in [0.5, 0.6) is 11.5 Å². The van der Waals surface area contributed by atoms with Crippen molar-refractivity contribution < 1.29 is 19.1 Å². The highest BCUT2D eigenvalue weighted by molar-refractivity contribution is 6.31. The summed E-state index contributed by atoms with van der Waals surface area (Å²) in [6, 6.07) is 12.3. The molecule has 4 N–H and O–H groups in total. The fraction of sp³-hybridized carbons (Fsp3) is 0.158. The largest absolute Gasteiger partial charge is 0.493 e. The molecule has 2 aromatic carbocycles. The van der Waals surface area contributed by atoms with Gasteiger partial charge < -0.3 is 25.5 Å². The third-order valence-corrected chi connectivity index (χ3v) is 4.12. The van der Waals surface area contributed by atoms with Crippen LogP contribution in [0.2, 0.25) is 5.02 Å². The molecule has 0 radical (unpaired) electrons. The first-order valence-corrected chi connectivity index (χ1v) is 8.48. The monoisotopic (exact) mass is 387 g/mol. The molecule has 1 aromatic heterocycles. The first-order valence-electron chi connectivity index (χ1n) is 8.11. The third-order valence-electron chi connectivity index (χ3n) is 3.88. The second-order valence-electron chi connectivity index (χ2n) is 5.84. The molecule has 0 spiro atoms. The zero-order chi connectivity index (χ0) is 19.4. The number of nitrogens with one attached hydrogen (secondary N) is 2. The van der Waals surface area contributed by atoms with E-state index in [1.807, 2.05) is 6.07 Å². The van der Waals surface area contributed by atoms with E-state index in [1.54, 1.807) is 36.4 Å². The lowest BCUT2D eigenvalue weighted by Crippen LogP contribution is -2.23. The molecule has 0 aliphatic rings. The van der Waals surface area contributed by atoms with E-state index in [1.165, 1.54) is 7.11 Å². The molecule has 7 nitrogen and oxygen atoms in total. The number of nitrogens with two attached hydrogens (primary N) is 1. The quantitative estimate of drug-likeness (QED) is 0.579. The van der Waals surface area contributed by atoms with Crippen LogP contribution in [0, 0.1) is 0 Å². The number of hydrogen-bond donors (Lipinski definition) is 3. The van der Waals surface area contributed by atoms with Crippen molar-refractivity contribution in [3.05, 3.63) is 58.7 Å². The summed E-state index contributed by atoms with van der Waals surface area (Å²) in [5, 5.41) is 4.34. The summed E-state index contributed by atoms with van der Waals surface area (Å²) in [5.74, 6) is 0.0329. The van der Waals surface area contributed by atoms with Crippen molar-refractivity contribution in [1.82, 2.24) is 10.3 Å². The van der Waals surface area contributed by atoms with Gasteiger partial charge in [0.05, 0.1) is 7.11 Å². The normalized spacial score (nSPS) is 10.6. The van der Waals surface area contributed by atoms with E-state index in [-0.39, 0.29) is 12.5 Å². The molecule has 140 valence electrons. The maximum atomic E-state index is 12.4. The number of hydrogen-bond acceptors (Lipinski definition) is 4. The van der Waals surface area contributed by atoms with Crippen LogP contribution in [-0.2, 0) is 11.3 Å². The Bertz CT molecular complexity index is 1000. The van der Waals surface area contributed by atoms with Crippen LogP contribution in [0.1, 0.15) is 16.1 Å². The molecule has 0 saturated carbocycles. The minimum atomic E-state index is -0.576. The molecule has 0 aliphatic carbocycles. The van der Waals surface area contributed by atoms with Crippen LogP contribution in [0.25, 0.3) is 10.9 Å². The molecule has 0 bridgehead atoms. The minimum absolute atomic E-state index is 0.239. The summed E-state index contributed by atoms with van der Waals surface area (Å²) in [6.07, 6.45) is 0. The van der Waals surface area contributed by atoms with Crippen molar-refractivity contribution in [2.24, 2.45) is 5.73 Å². The first-order chi connectivity index (χ1) is 13.0. The summed E-state index contributed by atoms with van der Waals surface area (Å²) >= 11 is 5.96. The Hall–Kier alpha value is -3.19. The van der Waals surface area contributed by atoms with Crippen LogP contribution in [0.15, 0.2) is 42.5 Å². The van der Waals surface area contributed by atoms with E-state index in [9.17, 15) is 9.59 Å². The number of fused-ring (bicyclic) bond motifs is 1. The molecule has 0 unspecified atom stereocenters. The molecule has 0 atom stereocenters. The lowest BCUT2D eigenvalue weighted by molar-refractivity contribution is -0.119. The average Bonchev–Trinajstić information content (AvgIpc) is 3.07. The summed E-state index contributed by atoms with van der Waals surface area (Å²) in [6.45, 7) is 0.0538. The predicted molar refractivity (Wildman–Crippen MR) is 102 cm³/mol. The van der Waals surface area contributed by atoms with Crippen LogP contribution in [-0.4, -0.2) is 30.5 Å². The lowest BCUT2D eigenvalue weighted by atomic mass is 10.2. The summed E-state index contributed by atoms with van der Waals surface area (Å²) in [5.41, 5.74) is 7.12. The molecule has 3 rings (SSSR count). The standard InChI is InChI=1S/C19H18ClN3O4/c1-26-17-6-11(2-5-16(17)27-10-18(21)24)9-22-19(25)15-7-12-3-4-13(20)8-14(12)23-15/h2-8,23H,9-10H2,1H3,(H2,21,24)(H,22,25). The molecular formula is C19H18ClN3O4. The number of benzene rings is 2. The Kier molecular flexibility index (Phi) is 5.52. The Balaban J connectivity index is 1.67. The predicted octanol–water partition coefficient (Wildman–Crippen LogP) is 2.62. The van der Waals surface area contributed by atoms with Crippen LogP contribution in [0.4, 0.5) is 0 Å². The van der Waals surface area contributed by atoms with Gasteiger partial charge in [-0.2, -0.15) is 0 Å². The fourth-order valence-electron chi connectivity index (χ4n) is 2.59. The van der Waals surface area contributed by atoms with Gasteiger partial charge >= 0.3 is 0 Å². The van der Waals surface area contributed by atoms with Gasteiger partial charge in [0.25, 0.3) is 11.8 Å². The van der Waals surface area contributed by atoms with Gasteiger partial charge in [-0.25, -0.2) is 0 Å². The van der Waals surface area contributed by atoms with Crippen LogP contribution in [0.3, 0.4) is 0 Å². The highest BCUT2D eigenvalue weighted by Gasteiger charge is 2.11. The van der Waals surface area contributed by atoms with Crippen molar-refractivity contribution in [3.63, 3.8) is 0 Å². The van der Waals surface area contributed by atoms with E-state index in [0.717, 1.165) is 16.5 Å². The number of halogens is 1. The van der Waals surface area contributed by atoms with E-state index in [4.69, 9.17) is 26.8 Å². The number of ether oxygens (including phenoxy) is 2. The van der Waals surface area contributed by atoms with Crippen molar-refractivity contribution in [2.75, 3.05) is 13.7 Å². The minimum Gasteiger partial charge on any atom is -0.493 e. The van der Waals surface area contributed by atoms with E-state index in [0.29, 0.717) is 28.8 Å². The van der Waals surface area contributed by atoms with Crippen molar-refractivity contribution in [3.8, 4) is 11.5 Å². The fourth-order valence-corrected chi connectivity index (χ4v) is 2.76. The van der Waals surface area contributed by atoms with Gasteiger partial charge in [0.15, 0.2) is 18.1 Å². The second-order valence-corrected chi connectivity index (χ2v) is 6.27. The van der Waals surface area contributed by atoms with Gasteiger partial charge in [0.2, 0.25) is 0 Å². The maximum Gasteiger partial charge on any atom is 0.267 e. The van der Waals surface area contributed by atoms with Gasteiger partial charge in [0, 0.05) is 22.5 Å². The highest BCUT2D eigenvalue weighted by Crippen LogP contribution is 2.28. The Labute approximate surface area is 160 Å². The topological polar surface area (TPSA) is 106 Å². The molecule has 27 heavy (non-hydrogen) atoms. The summed E-state index contributed by atoms with van der Waals surface area (Å²) in [7, 11) is 1.49. The number of methoxy groups -OCH3 is 1. The number of rotatable bonds is 7. The SMILES string of the molecule is COc1cc(CNC(=O)c2cc3ccc(Cl)cc3[nH]2)ccc1OCC(N)=O. The molecule has 2 amide bonds. The van der Waals surface area contributed by atoms with Crippen LogP contribution >= 0.6 is 11.6 Å². The molecule has 0 aliphatic heterocycles. The van der Waals surface area contributed by atoms with Gasteiger partial charge in [-0.1, -0.05) is 23.7 Å². The Morgan fingerprint density at radius 3 is 2.70 bits per heavy atom. The second kappa shape index (κ2) is 8.01. The summed E-state index contributed by atoms with van der Waals surface area (Å²) < 4.78 is 10.5. The van der Waals surface area contributed by atoms with Crippen molar-refractivity contribution in [1.29, 1.82) is 0 Å². The summed E-state index contributed by atoms with van der Waals surface area (Å²) in [4.78, 5) is 26.3. The molecule has 8 heteroatoms. The number of primary amides is 1. The molecule has 3 aromatic rings. The van der Waals surface area contributed by atoms with Gasteiger partial charge in [-0.3, -0.25) is 9.59 Å². The number of amides is 2. The highest BCUT2D eigenvalue weighted by atomic mass is 35.5. The van der Waals surface area contributed by atoms with E-state index < -0.39 is 5.91 Å². The van der Waals surface area contributed by atoms with Crippen molar-refractivity contribution in [2.45, 2.75) is 6.54 Å². The third kappa shape index (κ3) is 4.51. The Morgan fingerprint density at radius 2 is 1.96 bits per heavy atom. The zero-order valence-corrected chi connectivity index (χ0v) is 15.3. The lowest BCUT2D eigenvalue weighted by Gasteiger charge is -2.11. The van der Waals surface area contributed by atoms with Gasteiger partial charge in [-0.15, -0.1) is 0 Å². The van der Waals surface area contributed by atoms with Gasteiger partial charge in [-0.05, 0) is 35.9 Å². The van der Waals surface area contributed by atoms with E-state index >= 15 is 0 Å². The molecular weight excluding hydrogens is 370 g/mol. The molecule has 1 heterocycles. The number of carbonyl (C=O) groups is 2. The van der Waals surface area contributed by atoms with Crippen LogP contribution < -0.4 is 20.5 Å². The number of aromatic amines is 1. The number of carbonyl (C=O) groups excluding carboxylic acids is 2. The average molecular weight is 388 g/mol. The smallest absolute Gasteiger partial charge is 0.267 e. The van der Waals surface area contributed by atoms with E-state index in [2.05, 4.69) is 10.3 Å². The Morgan fingerprint density at radius 1 is 1.15 bits per heavy atom. The molecule has 0 fully saturated rings. The maximum absolute atomic E-state index is 12.4. The number of aromatic nitrogens is 1. The first kappa shape index (κ1) is 18.6.